The maximum absolute atomic E-state index is 12.9. The zero-order valence-electron chi connectivity index (χ0n) is 19.5. The van der Waals surface area contributed by atoms with Gasteiger partial charge in [-0.2, -0.15) is 0 Å². The number of thioether (sulfide) groups is 1. The molecule has 1 N–H and O–H groups in total. The summed E-state index contributed by atoms with van der Waals surface area (Å²) in [5.41, 5.74) is -0.185. The Balaban J connectivity index is 2.18. The quantitative estimate of drug-likeness (QED) is 0.0707. The fourth-order valence-corrected chi connectivity index (χ4v) is 4.55. The van der Waals surface area contributed by atoms with Gasteiger partial charge in [-0.3, -0.25) is 19.3 Å². The standard InChI is InChI=1S/C20H26ClN3O10S/c1-5-31-20(29)34-10(3)33-19(28)15-11(8-30-4)9-35-18-14(17(27)24(15)18)22-16(26)13(12(25)7-21)23-32-6-2/h10,14,18H,5-9H2,1-4H3,(H,22,26)/b23-13+/t10?,14?,18-/m1/s1. The van der Waals surface area contributed by atoms with Crippen LogP contribution in [0.2, 0.25) is 0 Å². The lowest BCUT2D eigenvalue weighted by Gasteiger charge is -2.49. The zero-order chi connectivity index (χ0) is 26.1. The number of carbonyl (C=O) groups excluding carboxylic acids is 5. The maximum Gasteiger partial charge on any atom is 0.511 e. The highest BCUT2D eigenvalue weighted by Crippen LogP contribution is 2.40. The topological polar surface area (TPSA) is 159 Å². The lowest BCUT2D eigenvalue weighted by Crippen LogP contribution is -2.71. The van der Waals surface area contributed by atoms with Gasteiger partial charge in [0.1, 0.15) is 23.7 Å². The second-order valence-corrected chi connectivity index (χ2v) is 8.31. The van der Waals surface area contributed by atoms with E-state index < -0.39 is 59.0 Å². The molecule has 0 radical (unpaired) electrons. The third-order valence-electron chi connectivity index (χ3n) is 4.53. The zero-order valence-corrected chi connectivity index (χ0v) is 21.1. The van der Waals surface area contributed by atoms with Crippen LogP contribution in [0.5, 0.6) is 0 Å². The summed E-state index contributed by atoms with van der Waals surface area (Å²) >= 11 is 6.80. The van der Waals surface area contributed by atoms with Crippen molar-refractivity contribution in [3.05, 3.63) is 11.3 Å². The lowest BCUT2D eigenvalue weighted by molar-refractivity contribution is -0.169. The van der Waals surface area contributed by atoms with Crippen LogP contribution in [-0.4, -0.2) is 96.6 Å². The normalized spacial score (nSPS) is 20.3. The van der Waals surface area contributed by atoms with E-state index in [1.54, 1.807) is 13.8 Å². The molecule has 2 rings (SSSR count). The maximum atomic E-state index is 12.9. The number of fused-ring (bicyclic) bond motifs is 1. The van der Waals surface area contributed by atoms with Gasteiger partial charge in [-0.25, -0.2) is 9.59 Å². The molecule has 1 saturated heterocycles. The Morgan fingerprint density at radius 3 is 2.54 bits per heavy atom. The Labute approximate surface area is 210 Å². The van der Waals surface area contributed by atoms with Gasteiger partial charge in [-0.1, -0.05) is 5.16 Å². The second kappa shape index (κ2) is 13.3. The van der Waals surface area contributed by atoms with Crippen molar-refractivity contribution in [3.63, 3.8) is 0 Å². The van der Waals surface area contributed by atoms with E-state index in [2.05, 4.69) is 15.2 Å². The summed E-state index contributed by atoms with van der Waals surface area (Å²) in [6, 6.07) is -1.05. The molecule has 2 aliphatic rings. The third-order valence-corrected chi connectivity index (χ3v) is 6.11. The molecule has 35 heavy (non-hydrogen) atoms. The first-order chi connectivity index (χ1) is 16.7. The van der Waals surface area contributed by atoms with Gasteiger partial charge < -0.3 is 29.1 Å². The molecule has 2 unspecified atom stereocenters. The molecule has 15 heteroatoms. The average Bonchev–Trinajstić information content (AvgIpc) is 2.82. The number of alkyl halides is 1. The smallest absolute Gasteiger partial charge is 0.435 e. The molecule has 0 spiro atoms. The van der Waals surface area contributed by atoms with Crippen LogP contribution < -0.4 is 5.32 Å². The minimum Gasteiger partial charge on any atom is -0.435 e. The van der Waals surface area contributed by atoms with Gasteiger partial charge in [0, 0.05) is 19.8 Å². The minimum atomic E-state index is -1.29. The van der Waals surface area contributed by atoms with Crippen LogP contribution in [-0.2, 0) is 43.0 Å². The van der Waals surface area contributed by atoms with Gasteiger partial charge >= 0.3 is 12.1 Å². The van der Waals surface area contributed by atoms with Crippen molar-refractivity contribution in [2.24, 2.45) is 5.16 Å². The Bertz CT molecular complexity index is 925. The molecule has 0 aromatic heterocycles. The fraction of sp³-hybridized carbons (Fsp3) is 0.600. The number of ether oxygens (including phenoxy) is 4. The molecule has 3 atom stereocenters. The molecule has 13 nitrogen and oxygen atoms in total. The highest BCUT2D eigenvalue weighted by Gasteiger charge is 2.55. The number of β-lactam (4-membered cyclic amide) rings is 1. The molecule has 194 valence electrons. The van der Waals surface area contributed by atoms with Crippen molar-refractivity contribution in [2.45, 2.75) is 38.5 Å². The number of nitrogens with zero attached hydrogens (tertiary/aromatic N) is 2. The summed E-state index contributed by atoms with van der Waals surface area (Å²) in [5.74, 6) is -3.48. The summed E-state index contributed by atoms with van der Waals surface area (Å²) in [4.78, 5) is 67.8. The van der Waals surface area contributed by atoms with Gasteiger partial charge in [0.15, 0.2) is 0 Å². The van der Waals surface area contributed by atoms with E-state index in [-0.39, 0.29) is 31.3 Å². The molecule has 2 amide bonds. The van der Waals surface area contributed by atoms with Crippen LogP contribution in [0.3, 0.4) is 0 Å². The Hall–Kier alpha value is -2.84. The van der Waals surface area contributed by atoms with Crippen LogP contribution in [0.4, 0.5) is 4.79 Å². The molecule has 1 fully saturated rings. The van der Waals surface area contributed by atoms with E-state index >= 15 is 0 Å². The highest BCUT2D eigenvalue weighted by atomic mass is 35.5. The number of halogens is 1. The monoisotopic (exact) mass is 535 g/mol. The fourth-order valence-electron chi connectivity index (χ4n) is 3.10. The number of hydrogen-bond acceptors (Lipinski definition) is 12. The van der Waals surface area contributed by atoms with Gasteiger partial charge in [0.2, 0.25) is 17.8 Å². The number of hydrogen-bond donors (Lipinski definition) is 1. The molecular formula is C20H26ClN3O10S. The molecule has 2 heterocycles. The molecular weight excluding hydrogens is 510 g/mol. The summed E-state index contributed by atoms with van der Waals surface area (Å²) in [6.07, 6.45) is -2.31. The predicted molar refractivity (Wildman–Crippen MR) is 122 cm³/mol. The molecule has 0 aromatic carbocycles. The van der Waals surface area contributed by atoms with E-state index in [1.807, 2.05) is 0 Å². The molecule has 0 aliphatic carbocycles. The van der Waals surface area contributed by atoms with Crippen molar-refractivity contribution in [2.75, 3.05) is 38.6 Å². The Kier molecular flexibility index (Phi) is 10.8. The third kappa shape index (κ3) is 6.86. The van der Waals surface area contributed by atoms with Crippen LogP contribution in [0, 0.1) is 0 Å². The van der Waals surface area contributed by atoms with Gasteiger partial charge in [0.25, 0.3) is 11.8 Å². The highest BCUT2D eigenvalue weighted by molar-refractivity contribution is 8.00. The molecule has 2 aliphatic heterocycles. The van der Waals surface area contributed by atoms with Crippen molar-refractivity contribution >= 4 is 58.8 Å². The number of ketones is 1. The van der Waals surface area contributed by atoms with E-state index in [9.17, 15) is 24.0 Å². The molecule has 0 saturated carbocycles. The summed E-state index contributed by atoms with van der Waals surface area (Å²) in [5, 5.41) is 5.26. The van der Waals surface area contributed by atoms with Gasteiger partial charge in [-0.15, -0.1) is 23.4 Å². The predicted octanol–water partition coefficient (Wildman–Crippen LogP) is 0.550. The molecule has 0 aromatic rings. The van der Waals surface area contributed by atoms with Crippen molar-refractivity contribution < 1.29 is 47.8 Å². The largest absolute Gasteiger partial charge is 0.511 e. The average molecular weight is 536 g/mol. The molecule has 0 bridgehead atoms. The number of amides is 2. The van der Waals surface area contributed by atoms with Crippen LogP contribution in [0.25, 0.3) is 0 Å². The van der Waals surface area contributed by atoms with Gasteiger partial charge in [0.05, 0.1) is 19.1 Å². The lowest BCUT2D eigenvalue weighted by atomic mass is 10.0. The first kappa shape index (κ1) is 28.4. The summed E-state index contributed by atoms with van der Waals surface area (Å²) in [7, 11) is 1.42. The van der Waals surface area contributed by atoms with Crippen LogP contribution in [0.1, 0.15) is 20.8 Å². The summed E-state index contributed by atoms with van der Waals surface area (Å²) in [6.45, 7) is 4.73. The number of rotatable bonds is 12. The van der Waals surface area contributed by atoms with Crippen LogP contribution >= 0.6 is 23.4 Å². The number of oxime groups is 1. The van der Waals surface area contributed by atoms with E-state index in [4.69, 9.17) is 30.6 Å². The Morgan fingerprint density at radius 2 is 1.94 bits per heavy atom. The first-order valence-corrected chi connectivity index (χ1v) is 12.1. The Morgan fingerprint density at radius 1 is 1.23 bits per heavy atom. The SMILES string of the molecule is CCO/N=C(\C(=O)CCl)C(=O)NC1C(=O)N2C(C(=O)OC(C)OC(=O)OCC)=C(COC)CS[C@H]12. The van der Waals surface area contributed by atoms with E-state index in [0.29, 0.717) is 5.57 Å². The number of carbonyl (C=O) groups is 5. The van der Waals surface area contributed by atoms with Crippen molar-refractivity contribution in [1.29, 1.82) is 0 Å². The van der Waals surface area contributed by atoms with E-state index in [1.165, 1.54) is 25.8 Å². The second-order valence-electron chi connectivity index (χ2n) is 6.93. The number of methoxy groups -OCH3 is 1. The van der Waals surface area contributed by atoms with Crippen LogP contribution in [0.15, 0.2) is 16.4 Å². The first-order valence-electron chi connectivity index (χ1n) is 10.5. The van der Waals surface area contributed by atoms with Crippen molar-refractivity contribution in [3.8, 4) is 0 Å². The van der Waals surface area contributed by atoms with E-state index in [0.717, 1.165) is 4.90 Å². The minimum absolute atomic E-state index is 0.0352. The number of esters is 1. The summed E-state index contributed by atoms with van der Waals surface area (Å²) < 4.78 is 19.8. The number of nitrogens with one attached hydrogen (secondary N) is 1. The van der Waals surface area contributed by atoms with Crippen molar-refractivity contribution in [1.82, 2.24) is 10.2 Å². The van der Waals surface area contributed by atoms with Gasteiger partial charge in [-0.05, 0) is 19.4 Å². The number of Topliss-reactive ketones (excluding diaryl/α,β-unsaturated/α-hetero) is 1.